The number of nitrogens with one attached hydrogen (secondary N) is 1. The summed E-state index contributed by atoms with van der Waals surface area (Å²) in [5.74, 6) is -0.820. The zero-order valence-corrected chi connectivity index (χ0v) is 27.4. The summed E-state index contributed by atoms with van der Waals surface area (Å²) >= 11 is 0. The van der Waals surface area contributed by atoms with Crippen LogP contribution in [0, 0.1) is 11.3 Å². The second-order valence-corrected chi connectivity index (χ2v) is 13.8. The predicted molar refractivity (Wildman–Crippen MR) is 166 cm³/mol. The van der Waals surface area contributed by atoms with Gasteiger partial charge in [-0.1, -0.05) is 31.2 Å². The fourth-order valence-electron chi connectivity index (χ4n) is 5.54. The minimum Gasteiger partial charge on any atom is -0.489 e. The molecule has 0 aliphatic carbocycles. The zero-order chi connectivity index (χ0) is 37.8. The summed E-state index contributed by atoms with van der Waals surface area (Å²) in [4.78, 5) is 14.8. The number of nitrogens with zero attached hydrogens (tertiary/aromatic N) is 2. The van der Waals surface area contributed by atoms with Gasteiger partial charge in [-0.25, -0.2) is 8.42 Å². The van der Waals surface area contributed by atoms with Crippen molar-refractivity contribution in [2.45, 2.75) is 67.4 Å². The van der Waals surface area contributed by atoms with Gasteiger partial charge >= 0.3 is 19.0 Å². The molecule has 1 fully saturated rings. The Balaban J connectivity index is 1.48. The van der Waals surface area contributed by atoms with Gasteiger partial charge in [0.25, 0.3) is 11.5 Å². The number of carbonyl (C=O) groups is 1. The highest BCUT2D eigenvalue weighted by Crippen LogP contribution is 2.50. The van der Waals surface area contributed by atoms with Crippen LogP contribution in [-0.4, -0.2) is 69.4 Å². The summed E-state index contributed by atoms with van der Waals surface area (Å²) in [6.07, 6.45) is -13.0. The maximum atomic E-state index is 13.2. The van der Waals surface area contributed by atoms with Crippen molar-refractivity contribution < 1.29 is 62.9 Å². The number of rotatable bonds is 13. The molecule has 2 N–H and O–H groups in total. The third-order valence-electron chi connectivity index (χ3n) is 8.27. The molecule has 3 atom stereocenters. The number of anilines is 1. The van der Waals surface area contributed by atoms with E-state index in [4.69, 9.17) is 4.74 Å². The monoisotopic (exact) mass is 749 g/mol. The number of alkyl halides is 8. The van der Waals surface area contributed by atoms with E-state index in [1.165, 1.54) is 55.5 Å². The molecule has 1 heterocycles. The van der Waals surface area contributed by atoms with Gasteiger partial charge in [0.1, 0.15) is 11.9 Å². The molecule has 276 valence electrons. The normalized spacial score (nSPS) is 17.6. The Hall–Kier alpha value is -4.47. The lowest BCUT2D eigenvalue weighted by Gasteiger charge is -2.32. The van der Waals surface area contributed by atoms with Crippen molar-refractivity contribution >= 4 is 21.4 Å². The van der Waals surface area contributed by atoms with Crippen molar-refractivity contribution in [2.75, 3.05) is 23.8 Å². The van der Waals surface area contributed by atoms with Crippen molar-refractivity contribution in [2.24, 2.45) is 0 Å². The molecule has 0 saturated carbocycles. The molecular formula is C33H31F8N3O6S. The van der Waals surface area contributed by atoms with Crippen LogP contribution in [0.5, 0.6) is 5.75 Å². The van der Waals surface area contributed by atoms with E-state index in [0.29, 0.717) is 23.4 Å². The van der Waals surface area contributed by atoms with E-state index in [0.717, 1.165) is 12.1 Å². The van der Waals surface area contributed by atoms with Gasteiger partial charge in [-0.15, -0.1) is 0 Å². The van der Waals surface area contributed by atoms with Crippen molar-refractivity contribution in [1.82, 2.24) is 5.32 Å². The summed E-state index contributed by atoms with van der Waals surface area (Å²) in [7, 11) is -3.46. The second kappa shape index (κ2) is 15.4. The van der Waals surface area contributed by atoms with E-state index >= 15 is 0 Å². The molecule has 0 radical (unpaired) electrons. The Bertz CT molecular complexity index is 1780. The van der Waals surface area contributed by atoms with Gasteiger partial charge in [0.15, 0.2) is 9.84 Å². The third-order valence-corrected chi connectivity index (χ3v) is 10.0. The van der Waals surface area contributed by atoms with Crippen LogP contribution in [0.2, 0.25) is 0 Å². The predicted octanol–water partition coefficient (Wildman–Crippen LogP) is 6.44. The first kappa shape index (κ1) is 39.3. The summed E-state index contributed by atoms with van der Waals surface area (Å²) in [6, 6.07) is 14.6. The van der Waals surface area contributed by atoms with Crippen LogP contribution in [0.3, 0.4) is 0 Å². The zero-order valence-electron chi connectivity index (χ0n) is 26.6. The Kier molecular flexibility index (Phi) is 11.9. The van der Waals surface area contributed by atoms with Crippen LogP contribution in [0.15, 0.2) is 77.7 Å². The van der Waals surface area contributed by atoms with Crippen LogP contribution < -0.4 is 15.0 Å². The lowest BCUT2D eigenvalue weighted by atomic mass is 9.92. The average Bonchev–Trinajstić information content (AvgIpc) is 3.48. The highest BCUT2D eigenvalue weighted by molar-refractivity contribution is 7.91. The van der Waals surface area contributed by atoms with Crippen molar-refractivity contribution in [1.29, 1.82) is 5.26 Å². The number of sulfone groups is 1. The topological polar surface area (TPSA) is 129 Å². The highest BCUT2D eigenvalue weighted by atomic mass is 32.2. The van der Waals surface area contributed by atoms with Crippen LogP contribution in [0.1, 0.15) is 47.3 Å². The molecule has 1 amide bonds. The molecule has 51 heavy (non-hydrogen) atoms. The van der Waals surface area contributed by atoms with Gasteiger partial charge in [0, 0.05) is 23.2 Å². The first-order chi connectivity index (χ1) is 23.8. The first-order valence-corrected chi connectivity index (χ1v) is 16.9. The lowest BCUT2D eigenvalue weighted by Crippen LogP contribution is -2.53. The Morgan fingerprint density at radius 1 is 0.980 bits per heavy atom. The van der Waals surface area contributed by atoms with Gasteiger partial charge in [-0.2, -0.15) is 40.4 Å². The van der Waals surface area contributed by atoms with Gasteiger partial charge in [0.05, 0.1) is 48.4 Å². The van der Waals surface area contributed by atoms with Gasteiger partial charge in [-0.3, -0.25) is 4.79 Å². The molecule has 18 heteroatoms. The van der Waals surface area contributed by atoms with E-state index < -0.39 is 70.7 Å². The number of carbonyl (C=O) groups excluding carboxylic acids is 1. The van der Waals surface area contributed by atoms with E-state index in [1.807, 2.05) is 6.07 Å². The Morgan fingerprint density at radius 3 is 2.08 bits per heavy atom. The van der Waals surface area contributed by atoms with Gasteiger partial charge in [0.2, 0.25) is 0 Å². The van der Waals surface area contributed by atoms with Crippen LogP contribution >= 0.6 is 0 Å². The molecule has 0 spiro atoms. The average molecular weight is 750 g/mol. The number of hydrogen-bond donors (Lipinski definition) is 2. The minimum atomic E-state index is -6.07. The quantitative estimate of drug-likeness (QED) is 0.191. The van der Waals surface area contributed by atoms with Gasteiger partial charge < -0.3 is 24.8 Å². The summed E-state index contributed by atoms with van der Waals surface area (Å²) in [5.41, 5.74) is -5.50. The van der Waals surface area contributed by atoms with Crippen molar-refractivity contribution in [3.63, 3.8) is 0 Å². The maximum absolute atomic E-state index is 13.2. The third kappa shape index (κ3) is 8.89. The minimum absolute atomic E-state index is 0.0214. The van der Waals surface area contributed by atoms with Crippen LogP contribution in [-0.2, 0) is 20.2 Å². The maximum Gasteiger partial charge on any atom is 0.430 e. The molecule has 4 rings (SSSR count). The number of hydrogen-bond acceptors (Lipinski definition) is 8. The van der Waals surface area contributed by atoms with Crippen molar-refractivity contribution in [3.8, 4) is 11.8 Å². The van der Waals surface area contributed by atoms with E-state index in [2.05, 4.69) is 10.1 Å². The molecule has 0 unspecified atom stereocenters. The number of halogens is 8. The van der Waals surface area contributed by atoms with Gasteiger partial charge in [-0.05, 0) is 54.1 Å². The standard InChI is InChI=1S/C33H31F8N3O6S/c1-2-51(47,48)27-13-5-20(6-14-27)28(15-16-42)43-29(45)21-3-9-23(10-4-21)44-18-26(17-24(44)19-49-30(34)35)50-25-11-7-22(8-12-25)31(46,32(36,37)38)33(39,40)41/h3-14,24,26,28,30,46H,2,15,17-19H2,1H3,(H,43,45)/t24-,26-,28-/m0/s1. The summed E-state index contributed by atoms with van der Waals surface area (Å²) in [6.45, 7) is -2.06. The Morgan fingerprint density at radius 2 is 1.57 bits per heavy atom. The molecular weight excluding hydrogens is 718 g/mol. The SMILES string of the molecule is CCS(=O)(=O)c1ccc([C@H](CC#N)NC(=O)c2ccc(N3C[C@@H](Oc4ccc(C(O)(C(F)(F)F)C(F)(F)F)cc4)C[C@H]3COC(F)F)cc2)cc1. The fraction of sp³-hybridized carbons (Fsp3) is 0.394. The summed E-state index contributed by atoms with van der Waals surface area (Å²) in [5, 5.41) is 21.7. The lowest BCUT2D eigenvalue weighted by molar-refractivity contribution is -0.376. The van der Waals surface area contributed by atoms with E-state index in [9.17, 15) is 58.7 Å². The molecule has 3 aromatic rings. The number of nitriles is 1. The van der Waals surface area contributed by atoms with Crippen LogP contribution in [0.25, 0.3) is 0 Å². The van der Waals surface area contributed by atoms with E-state index in [-0.39, 0.29) is 41.3 Å². The molecule has 0 bridgehead atoms. The number of benzene rings is 3. The fourth-order valence-corrected chi connectivity index (χ4v) is 6.42. The largest absolute Gasteiger partial charge is 0.489 e. The van der Waals surface area contributed by atoms with E-state index in [1.54, 1.807) is 4.90 Å². The number of ether oxygens (including phenoxy) is 2. The summed E-state index contributed by atoms with van der Waals surface area (Å²) < 4.78 is 140. The molecule has 1 aliphatic heterocycles. The second-order valence-electron chi connectivity index (χ2n) is 11.5. The van der Waals surface area contributed by atoms with Crippen molar-refractivity contribution in [3.05, 3.63) is 89.5 Å². The van der Waals surface area contributed by atoms with Crippen LogP contribution in [0.4, 0.5) is 40.8 Å². The molecule has 0 aromatic heterocycles. The molecule has 3 aromatic carbocycles. The smallest absolute Gasteiger partial charge is 0.430 e. The molecule has 1 aliphatic rings. The first-order valence-electron chi connectivity index (χ1n) is 15.2. The molecule has 1 saturated heterocycles. The number of aliphatic hydroxyl groups is 1. The molecule has 9 nitrogen and oxygen atoms in total. The highest BCUT2D eigenvalue weighted by Gasteiger charge is 2.71. The number of amides is 1. The Labute approximate surface area is 287 Å².